The molecule has 0 amide bonds. The second kappa shape index (κ2) is 7.64. The Morgan fingerprint density at radius 3 is 2.38 bits per heavy atom. The average molecular weight is 286 g/mol. The van der Waals surface area contributed by atoms with Gasteiger partial charge in [0.05, 0.1) is 14.2 Å². The van der Waals surface area contributed by atoms with Crippen LogP contribution >= 0.6 is 0 Å². The van der Waals surface area contributed by atoms with E-state index in [1.807, 2.05) is 36.7 Å². The van der Waals surface area contributed by atoms with Crippen LogP contribution in [-0.2, 0) is 6.42 Å². The Morgan fingerprint density at radius 1 is 1.05 bits per heavy atom. The molecule has 0 saturated carbocycles. The number of benzene rings is 1. The minimum atomic E-state index is 0.260. The maximum absolute atomic E-state index is 5.37. The molecule has 1 aromatic carbocycles. The van der Waals surface area contributed by atoms with Crippen LogP contribution in [-0.4, -0.2) is 25.7 Å². The SMILES string of the molecule is CCNC(Cc1ccc(OC)c(OC)c1)c1ccncc1. The number of hydrogen-bond acceptors (Lipinski definition) is 4. The number of rotatable bonds is 7. The van der Waals surface area contributed by atoms with Gasteiger partial charge in [0.1, 0.15) is 0 Å². The van der Waals surface area contributed by atoms with Gasteiger partial charge in [-0.25, -0.2) is 0 Å². The molecule has 0 radical (unpaired) electrons. The molecule has 0 aliphatic heterocycles. The van der Waals surface area contributed by atoms with Gasteiger partial charge in [-0.15, -0.1) is 0 Å². The third-order valence-corrected chi connectivity index (χ3v) is 3.45. The summed E-state index contributed by atoms with van der Waals surface area (Å²) in [4.78, 5) is 4.08. The van der Waals surface area contributed by atoms with Crippen molar-refractivity contribution in [1.82, 2.24) is 10.3 Å². The maximum Gasteiger partial charge on any atom is 0.160 e. The van der Waals surface area contributed by atoms with E-state index in [1.54, 1.807) is 14.2 Å². The quantitative estimate of drug-likeness (QED) is 0.849. The minimum absolute atomic E-state index is 0.260. The normalized spacial score (nSPS) is 12.0. The van der Waals surface area contributed by atoms with Crippen LogP contribution in [0.2, 0.25) is 0 Å². The number of aromatic nitrogens is 1. The van der Waals surface area contributed by atoms with Crippen LogP contribution in [0.25, 0.3) is 0 Å². The minimum Gasteiger partial charge on any atom is -0.493 e. The number of nitrogens with zero attached hydrogens (tertiary/aromatic N) is 1. The van der Waals surface area contributed by atoms with E-state index in [1.165, 1.54) is 11.1 Å². The van der Waals surface area contributed by atoms with E-state index < -0.39 is 0 Å². The first-order chi connectivity index (χ1) is 10.3. The highest BCUT2D eigenvalue weighted by atomic mass is 16.5. The third kappa shape index (κ3) is 3.95. The molecule has 112 valence electrons. The summed E-state index contributed by atoms with van der Waals surface area (Å²) >= 11 is 0. The molecular weight excluding hydrogens is 264 g/mol. The molecule has 0 aliphatic carbocycles. The summed E-state index contributed by atoms with van der Waals surface area (Å²) < 4.78 is 10.6. The molecule has 1 heterocycles. The fraction of sp³-hybridized carbons (Fsp3) is 0.353. The molecule has 2 aromatic rings. The average Bonchev–Trinajstić information content (AvgIpc) is 2.55. The summed E-state index contributed by atoms with van der Waals surface area (Å²) in [6, 6.07) is 10.4. The Hall–Kier alpha value is -2.07. The first-order valence-corrected chi connectivity index (χ1v) is 7.12. The summed E-state index contributed by atoms with van der Waals surface area (Å²) in [6.07, 6.45) is 4.54. The van der Waals surface area contributed by atoms with Gasteiger partial charge in [0.25, 0.3) is 0 Å². The second-order valence-corrected chi connectivity index (χ2v) is 4.78. The van der Waals surface area contributed by atoms with Crippen LogP contribution in [0.15, 0.2) is 42.7 Å². The Labute approximate surface area is 126 Å². The molecule has 0 bridgehead atoms. The molecule has 2 rings (SSSR count). The van der Waals surface area contributed by atoms with Crippen molar-refractivity contribution in [1.29, 1.82) is 0 Å². The molecule has 4 heteroatoms. The predicted molar refractivity (Wildman–Crippen MR) is 83.9 cm³/mol. The zero-order valence-corrected chi connectivity index (χ0v) is 12.8. The van der Waals surface area contributed by atoms with Crippen LogP contribution in [0.3, 0.4) is 0 Å². The van der Waals surface area contributed by atoms with Crippen molar-refractivity contribution in [3.8, 4) is 11.5 Å². The summed E-state index contributed by atoms with van der Waals surface area (Å²) in [6.45, 7) is 3.03. The van der Waals surface area contributed by atoms with Crippen molar-refractivity contribution >= 4 is 0 Å². The first kappa shape index (κ1) is 15.3. The molecule has 4 nitrogen and oxygen atoms in total. The van der Waals surface area contributed by atoms with Gasteiger partial charge in [0.2, 0.25) is 0 Å². The van der Waals surface area contributed by atoms with E-state index in [4.69, 9.17) is 9.47 Å². The van der Waals surface area contributed by atoms with Crippen molar-refractivity contribution in [3.63, 3.8) is 0 Å². The van der Waals surface area contributed by atoms with Gasteiger partial charge in [0.15, 0.2) is 11.5 Å². The standard InChI is InChI=1S/C17H22N2O2/c1-4-19-15(14-7-9-18-10-8-14)11-13-5-6-16(20-2)17(12-13)21-3/h5-10,12,15,19H,4,11H2,1-3H3. The van der Waals surface area contributed by atoms with Crippen LogP contribution in [0.5, 0.6) is 11.5 Å². The van der Waals surface area contributed by atoms with Crippen LogP contribution in [0, 0.1) is 0 Å². The topological polar surface area (TPSA) is 43.4 Å². The number of ether oxygens (including phenoxy) is 2. The molecular formula is C17H22N2O2. The second-order valence-electron chi connectivity index (χ2n) is 4.78. The van der Waals surface area contributed by atoms with E-state index in [-0.39, 0.29) is 6.04 Å². The van der Waals surface area contributed by atoms with E-state index in [0.717, 1.165) is 24.5 Å². The highest BCUT2D eigenvalue weighted by Gasteiger charge is 2.12. The van der Waals surface area contributed by atoms with E-state index >= 15 is 0 Å². The predicted octanol–water partition coefficient (Wildman–Crippen LogP) is 2.99. The van der Waals surface area contributed by atoms with Gasteiger partial charge in [-0.1, -0.05) is 13.0 Å². The molecule has 1 aromatic heterocycles. The summed E-state index contributed by atoms with van der Waals surface area (Å²) in [5.41, 5.74) is 2.44. The number of likely N-dealkylation sites (N-methyl/N-ethyl adjacent to an activating group) is 1. The number of pyridine rings is 1. The molecule has 0 spiro atoms. The fourth-order valence-corrected chi connectivity index (χ4v) is 2.39. The first-order valence-electron chi connectivity index (χ1n) is 7.12. The number of methoxy groups -OCH3 is 2. The molecule has 0 saturated heterocycles. The van der Waals surface area contributed by atoms with Gasteiger partial charge in [-0.2, -0.15) is 0 Å². The van der Waals surface area contributed by atoms with Crippen molar-refractivity contribution in [3.05, 3.63) is 53.9 Å². The number of hydrogen-bond donors (Lipinski definition) is 1. The van der Waals surface area contributed by atoms with Gasteiger partial charge in [0, 0.05) is 18.4 Å². The molecule has 21 heavy (non-hydrogen) atoms. The summed E-state index contributed by atoms with van der Waals surface area (Å²) in [5, 5.41) is 3.51. The smallest absolute Gasteiger partial charge is 0.160 e. The van der Waals surface area contributed by atoms with E-state index in [9.17, 15) is 0 Å². The Bertz CT molecular complexity index is 558. The van der Waals surface area contributed by atoms with Gasteiger partial charge < -0.3 is 14.8 Å². The molecule has 0 aliphatic rings. The van der Waals surface area contributed by atoms with Crippen LogP contribution in [0.4, 0.5) is 0 Å². The Balaban J connectivity index is 2.21. The van der Waals surface area contributed by atoms with E-state index in [2.05, 4.69) is 23.3 Å². The lowest BCUT2D eigenvalue weighted by molar-refractivity contribution is 0.354. The molecule has 0 fully saturated rings. The summed E-state index contributed by atoms with van der Waals surface area (Å²) in [5.74, 6) is 1.52. The highest BCUT2D eigenvalue weighted by molar-refractivity contribution is 5.43. The Morgan fingerprint density at radius 2 is 1.76 bits per heavy atom. The largest absolute Gasteiger partial charge is 0.493 e. The van der Waals surface area contributed by atoms with Crippen LogP contribution in [0.1, 0.15) is 24.1 Å². The number of nitrogens with one attached hydrogen (secondary N) is 1. The third-order valence-electron chi connectivity index (χ3n) is 3.45. The molecule has 1 atom stereocenters. The monoisotopic (exact) mass is 286 g/mol. The van der Waals surface area contributed by atoms with Crippen molar-refractivity contribution in [2.45, 2.75) is 19.4 Å². The van der Waals surface area contributed by atoms with Gasteiger partial charge in [-0.3, -0.25) is 4.98 Å². The van der Waals surface area contributed by atoms with E-state index in [0.29, 0.717) is 0 Å². The van der Waals surface area contributed by atoms with Crippen molar-refractivity contribution in [2.24, 2.45) is 0 Å². The lowest BCUT2D eigenvalue weighted by atomic mass is 9.99. The highest BCUT2D eigenvalue weighted by Crippen LogP contribution is 2.29. The van der Waals surface area contributed by atoms with Crippen molar-refractivity contribution in [2.75, 3.05) is 20.8 Å². The zero-order chi connectivity index (χ0) is 15.1. The maximum atomic E-state index is 5.37. The molecule has 1 N–H and O–H groups in total. The lowest BCUT2D eigenvalue weighted by Gasteiger charge is -2.19. The zero-order valence-electron chi connectivity index (χ0n) is 12.8. The van der Waals surface area contributed by atoms with Crippen molar-refractivity contribution < 1.29 is 9.47 Å². The summed E-state index contributed by atoms with van der Waals surface area (Å²) in [7, 11) is 3.31. The Kier molecular flexibility index (Phi) is 5.58. The fourth-order valence-electron chi connectivity index (χ4n) is 2.39. The van der Waals surface area contributed by atoms with Gasteiger partial charge >= 0.3 is 0 Å². The lowest BCUT2D eigenvalue weighted by Crippen LogP contribution is -2.23. The van der Waals surface area contributed by atoms with Crippen LogP contribution < -0.4 is 14.8 Å². The molecule has 1 unspecified atom stereocenters. The van der Waals surface area contributed by atoms with Gasteiger partial charge in [-0.05, 0) is 48.4 Å².